The Bertz CT molecular complexity index is 584. The van der Waals surface area contributed by atoms with Crippen molar-refractivity contribution in [3.05, 3.63) is 77.4 Å². The molecule has 0 spiro atoms. The average molecular weight is 282 g/mol. The highest BCUT2D eigenvalue weighted by atomic mass is 31.0. The molecule has 2 atom stereocenters. The van der Waals surface area contributed by atoms with Crippen LogP contribution in [0.2, 0.25) is 0 Å². The molecular formula is C19H23P. The zero-order chi connectivity index (χ0) is 14.5. The van der Waals surface area contributed by atoms with Gasteiger partial charge in [0.25, 0.3) is 0 Å². The smallest absolute Gasteiger partial charge is 0.0269 e. The second-order valence-electron chi connectivity index (χ2n) is 5.03. The van der Waals surface area contributed by atoms with Crippen LogP contribution in [0.25, 0.3) is 0 Å². The van der Waals surface area contributed by atoms with Gasteiger partial charge in [0.05, 0.1) is 0 Å². The molecule has 0 bridgehead atoms. The van der Waals surface area contributed by atoms with E-state index in [1.165, 1.54) is 27.6 Å². The average Bonchev–Trinajstić information content (AvgIpc) is 2.50. The minimum Gasteiger partial charge on any atom is -0.105 e. The molecule has 0 saturated heterocycles. The highest BCUT2D eigenvalue weighted by molar-refractivity contribution is 7.27. The van der Waals surface area contributed by atoms with E-state index in [2.05, 4.69) is 78.2 Å². The Kier molecular flexibility index (Phi) is 5.15. The number of allylic oxidation sites excluding steroid dienone is 1. The summed E-state index contributed by atoms with van der Waals surface area (Å²) in [4.78, 5) is 0. The van der Waals surface area contributed by atoms with Crippen LogP contribution in [0.1, 0.15) is 42.0 Å². The third-order valence-electron chi connectivity index (χ3n) is 3.94. The first kappa shape index (κ1) is 15.0. The van der Waals surface area contributed by atoms with E-state index in [9.17, 15) is 0 Å². The summed E-state index contributed by atoms with van der Waals surface area (Å²) in [6.45, 7) is 8.54. The SMILES string of the molecule is C=CC(c1ccccc1)c1ccc(P)c(CC)c1CC. The Hall–Kier alpha value is -1.39. The summed E-state index contributed by atoms with van der Waals surface area (Å²) in [5.41, 5.74) is 5.67. The first-order chi connectivity index (χ1) is 9.72. The molecule has 0 aliphatic heterocycles. The molecule has 0 heterocycles. The molecule has 2 unspecified atom stereocenters. The van der Waals surface area contributed by atoms with Gasteiger partial charge in [0, 0.05) is 5.92 Å². The first-order valence-corrected chi connectivity index (χ1v) is 7.88. The van der Waals surface area contributed by atoms with Crippen molar-refractivity contribution in [2.24, 2.45) is 0 Å². The van der Waals surface area contributed by atoms with E-state index in [4.69, 9.17) is 0 Å². The van der Waals surface area contributed by atoms with E-state index in [0.717, 1.165) is 12.8 Å². The molecule has 0 fully saturated rings. The van der Waals surface area contributed by atoms with Crippen molar-refractivity contribution in [3.8, 4) is 0 Å². The summed E-state index contributed by atoms with van der Waals surface area (Å²) < 4.78 is 0. The first-order valence-electron chi connectivity index (χ1n) is 7.30. The number of hydrogen-bond donors (Lipinski definition) is 0. The van der Waals surface area contributed by atoms with E-state index in [1.54, 1.807) is 0 Å². The normalized spacial score (nSPS) is 12.2. The summed E-state index contributed by atoms with van der Waals surface area (Å²) in [5.74, 6) is 0.280. The van der Waals surface area contributed by atoms with Crippen LogP contribution in [0, 0.1) is 0 Å². The van der Waals surface area contributed by atoms with Gasteiger partial charge in [0.1, 0.15) is 0 Å². The standard InChI is InChI=1S/C19H23P/c1-4-15(14-10-8-7-9-11-14)18-12-13-19(20)17(6-3)16(18)5-2/h4,7-13,15H,1,5-6,20H2,2-3H3. The molecule has 2 aromatic carbocycles. The summed E-state index contributed by atoms with van der Waals surface area (Å²) in [5, 5.41) is 1.32. The molecule has 0 aromatic heterocycles. The van der Waals surface area contributed by atoms with Crippen molar-refractivity contribution in [3.63, 3.8) is 0 Å². The predicted octanol–water partition coefficient (Wildman–Crippen LogP) is 4.63. The van der Waals surface area contributed by atoms with Gasteiger partial charge in [-0.2, -0.15) is 0 Å². The van der Waals surface area contributed by atoms with Crippen LogP contribution >= 0.6 is 9.24 Å². The Morgan fingerprint density at radius 3 is 2.20 bits per heavy atom. The summed E-state index contributed by atoms with van der Waals surface area (Å²) in [7, 11) is 2.87. The molecule has 2 aromatic rings. The molecule has 2 rings (SSSR count). The molecule has 20 heavy (non-hydrogen) atoms. The third kappa shape index (κ3) is 2.86. The highest BCUT2D eigenvalue weighted by Crippen LogP contribution is 2.30. The number of hydrogen-bond acceptors (Lipinski definition) is 0. The van der Waals surface area contributed by atoms with E-state index >= 15 is 0 Å². The Morgan fingerprint density at radius 2 is 1.65 bits per heavy atom. The van der Waals surface area contributed by atoms with Crippen LogP contribution in [-0.2, 0) is 12.8 Å². The van der Waals surface area contributed by atoms with E-state index in [1.807, 2.05) is 0 Å². The lowest BCUT2D eigenvalue weighted by atomic mass is 9.85. The lowest BCUT2D eigenvalue weighted by Crippen LogP contribution is -2.11. The van der Waals surface area contributed by atoms with Crippen LogP contribution in [0.15, 0.2) is 55.1 Å². The van der Waals surface area contributed by atoms with Gasteiger partial charge in [0.15, 0.2) is 0 Å². The maximum atomic E-state index is 4.06. The molecule has 0 aliphatic rings. The number of benzene rings is 2. The van der Waals surface area contributed by atoms with Gasteiger partial charge < -0.3 is 0 Å². The van der Waals surface area contributed by atoms with Gasteiger partial charge in [-0.15, -0.1) is 15.8 Å². The zero-order valence-corrected chi connectivity index (χ0v) is 13.5. The van der Waals surface area contributed by atoms with Crippen LogP contribution in [0.5, 0.6) is 0 Å². The second kappa shape index (κ2) is 6.86. The fourth-order valence-electron chi connectivity index (χ4n) is 2.96. The zero-order valence-electron chi connectivity index (χ0n) is 12.4. The third-order valence-corrected chi connectivity index (χ3v) is 4.48. The predicted molar refractivity (Wildman–Crippen MR) is 93.0 cm³/mol. The molecule has 0 aliphatic carbocycles. The topological polar surface area (TPSA) is 0 Å². The summed E-state index contributed by atoms with van der Waals surface area (Å²) >= 11 is 0. The van der Waals surface area contributed by atoms with Crippen molar-refractivity contribution >= 4 is 14.5 Å². The Labute approximate surface area is 125 Å². The lowest BCUT2D eigenvalue weighted by molar-refractivity contribution is 0.948. The second-order valence-corrected chi connectivity index (χ2v) is 5.65. The van der Waals surface area contributed by atoms with E-state index < -0.39 is 0 Å². The van der Waals surface area contributed by atoms with E-state index in [-0.39, 0.29) is 5.92 Å². The minimum absolute atomic E-state index is 0.280. The molecular weight excluding hydrogens is 259 g/mol. The molecule has 0 nitrogen and oxygen atoms in total. The van der Waals surface area contributed by atoms with Crippen LogP contribution in [-0.4, -0.2) is 0 Å². The Balaban J connectivity index is 2.58. The van der Waals surface area contributed by atoms with Crippen molar-refractivity contribution in [2.75, 3.05) is 0 Å². The lowest BCUT2D eigenvalue weighted by Gasteiger charge is -2.21. The molecule has 104 valence electrons. The fourth-order valence-corrected chi connectivity index (χ4v) is 3.43. The van der Waals surface area contributed by atoms with Crippen molar-refractivity contribution in [1.82, 2.24) is 0 Å². The summed E-state index contributed by atoms with van der Waals surface area (Å²) in [6, 6.07) is 15.1. The van der Waals surface area contributed by atoms with Crippen molar-refractivity contribution < 1.29 is 0 Å². The van der Waals surface area contributed by atoms with Crippen LogP contribution in [0.4, 0.5) is 0 Å². The quantitative estimate of drug-likeness (QED) is 0.554. The molecule has 0 N–H and O–H groups in total. The highest BCUT2D eigenvalue weighted by Gasteiger charge is 2.16. The van der Waals surface area contributed by atoms with Gasteiger partial charge >= 0.3 is 0 Å². The van der Waals surface area contributed by atoms with Crippen molar-refractivity contribution in [2.45, 2.75) is 32.6 Å². The molecule has 1 heteroatoms. The van der Waals surface area contributed by atoms with Gasteiger partial charge in [-0.3, -0.25) is 0 Å². The van der Waals surface area contributed by atoms with Gasteiger partial charge in [-0.25, -0.2) is 0 Å². The molecule has 0 radical (unpaired) electrons. The van der Waals surface area contributed by atoms with Gasteiger partial charge in [-0.1, -0.05) is 62.4 Å². The largest absolute Gasteiger partial charge is 0.105 e. The number of rotatable bonds is 5. The van der Waals surface area contributed by atoms with Crippen molar-refractivity contribution in [1.29, 1.82) is 0 Å². The van der Waals surface area contributed by atoms with Gasteiger partial charge in [-0.05, 0) is 40.4 Å². The van der Waals surface area contributed by atoms with Gasteiger partial charge in [0.2, 0.25) is 0 Å². The Morgan fingerprint density at radius 1 is 1.00 bits per heavy atom. The molecule has 0 saturated carbocycles. The minimum atomic E-state index is 0.280. The maximum absolute atomic E-state index is 4.06. The van der Waals surface area contributed by atoms with E-state index in [0.29, 0.717) is 0 Å². The maximum Gasteiger partial charge on any atom is 0.0269 e. The van der Waals surface area contributed by atoms with Crippen LogP contribution < -0.4 is 5.30 Å². The van der Waals surface area contributed by atoms with Crippen LogP contribution in [0.3, 0.4) is 0 Å². The summed E-state index contributed by atoms with van der Waals surface area (Å²) in [6.07, 6.45) is 4.21. The molecule has 0 amide bonds. The monoisotopic (exact) mass is 282 g/mol. The fraction of sp³-hybridized carbons (Fsp3) is 0.263.